The lowest BCUT2D eigenvalue weighted by Gasteiger charge is -2.19. The zero-order valence-electron chi connectivity index (χ0n) is 12.9. The molecule has 6 nitrogen and oxygen atoms in total. The van der Waals surface area contributed by atoms with E-state index in [0.717, 1.165) is 5.75 Å². The average molecular weight is 294 g/mol. The van der Waals surface area contributed by atoms with Gasteiger partial charge < -0.3 is 14.8 Å². The average Bonchev–Trinajstić information content (AvgIpc) is 2.46. The molecule has 1 N–H and O–H groups in total. The quantitative estimate of drug-likeness (QED) is 0.769. The number of benzene rings is 1. The lowest BCUT2D eigenvalue weighted by atomic mass is 10.2. The summed E-state index contributed by atoms with van der Waals surface area (Å²) in [5, 5.41) is 2.79. The summed E-state index contributed by atoms with van der Waals surface area (Å²) in [6, 6.07) is 7.10. The number of rotatable bonds is 7. The van der Waals surface area contributed by atoms with Crippen LogP contribution in [-0.2, 0) is 14.3 Å². The van der Waals surface area contributed by atoms with Crippen molar-refractivity contribution in [1.29, 1.82) is 0 Å². The SMILES string of the molecule is COC(=O)C(C)CN(C)CC(=O)Nc1ccc(OC)cc1. The first kappa shape index (κ1) is 17.0. The van der Waals surface area contributed by atoms with Gasteiger partial charge in [0.15, 0.2) is 0 Å². The molecule has 0 bridgehead atoms. The molecule has 116 valence electrons. The summed E-state index contributed by atoms with van der Waals surface area (Å²) in [5.41, 5.74) is 0.704. The van der Waals surface area contributed by atoms with Gasteiger partial charge in [-0.05, 0) is 31.3 Å². The maximum atomic E-state index is 11.9. The zero-order valence-corrected chi connectivity index (χ0v) is 12.9. The molecule has 1 atom stereocenters. The Hall–Kier alpha value is -2.08. The van der Waals surface area contributed by atoms with Crippen LogP contribution in [0.3, 0.4) is 0 Å². The Morgan fingerprint density at radius 1 is 1.24 bits per heavy atom. The van der Waals surface area contributed by atoms with Gasteiger partial charge in [0.2, 0.25) is 5.91 Å². The molecule has 1 amide bonds. The summed E-state index contributed by atoms with van der Waals surface area (Å²) >= 11 is 0. The molecule has 1 unspecified atom stereocenters. The highest BCUT2D eigenvalue weighted by Crippen LogP contribution is 2.14. The minimum absolute atomic E-state index is 0.139. The third-order valence-corrected chi connectivity index (χ3v) is 2.98. The Kier molecular flexibility index (Phi) is 6.68. The summed E-state index contributed by atoms with van der Waals surface area (Å²) < 4.78 is 9.71. The monoisotopic (exact) mass is 294 g/mol. The number of nitrogens with zero attached hydrogens (tertiary/aromatic N) is 1. The normalized spacial score (nSPS) is 11.9. The van der Waals surface area contributed by atoms with Gasteiger partial charge >= 0.3 is 5.97 Å². The van der Waals surface area contributed by atoms with E-state index >= 15 is 0 Å². The van der Waals surface area contributed by atoms with Crippen LogP contribution in [0.5, 0.6) is 5.75 Å². The predicted molar refractivity (Wildman–Crippen MR) is 80.3 cm³/mol. The number of likely N-dealkylation sites (N-methyl/N-ethyl adjacent to an activating group) is 1. The number of anilines is 1. The van der Waals surface area contributed by atoms with Crippen molar-refractivity contribution >= 4 is 17.6 Å². The van der Waals surface area contributed by atoms with Crippen molar-refractivity contribution in [3.8, 4) is 5.75 Å². The number of nitrogens with one attached hydrogen (secondary N) is 1. The first-order valence-electron chi connectivity index (χ1n) is 6.66. The van der Waals surface area contributed by atoms with E-state index in [9.17, 15) is 9.59 Å². The van der Waals surface area contributed by atoms with Gasteiger partial charge in [-0.2, -0.15) is 0 Å². The molecule has 0 saturated carbocycles. The number of ether oxygens (including phenoxy) is 2. The van der Waals surface area contributed by atoms with Crippen molar-refractivity contribution in [2.75, 3.05) is 39.7 Å². The van der Waals surface area contributed by atoms with Crippen LogP contribution in [0.4, 0.5) is 5.69 Å². The first-order valence-corrected chi connectivity index (χ1v) is 6.66. The lowest BCUT2D eigenvalue weighted by Crippen LogP contribution is -2.35. The molecule has 0 fully saturated rings. The van der Waals surface area contributed by atoms with Crippen LogP contribution in [0.2, 0.25) is 0 Å². The molecule has 0 spiro atoms. The molecule has 0 radical (unpaired) electrons. The maximum absolute atomic E-state index is 11.9. The van der Waals surface area contributed by atoms with Crippen molar-refractivity contribution in [3.63, 3.8) is 0 Å². The van der Waals surface area contributed by atoms with Crippen LogP contribution in [0, 0.1) is 5.92 Å². The fourth-order valence-corrected chi connectivity index (χ4v) is 1.93. The van der Waals surface area contributed by atoms with E-state index in [4.69, 9.17) is 4.74 Å². The largest absolute Gasteiger partial charge is 0.497 e. The maximum Gasteiger partial charge on any atom is 0.309 e. The number of hydrogen-bond acceptors (Lipinski definition) is 5. The van der Waals surface area contributed by atoms with Gasteiger partial charge in [0.25, 0.3) is 0 Å². The molecule has 1 aromatic rings. The van der Waals surface area contributed by atoms with Crippen LogP contribution >= 0.6 is 0 Å². The highest BCUT2D eigenvalue weighted by atomic mass is 16.5. The van der Waals surface area contributed by atoms with Crippen LogP contribution in [-0.4, -0.2) is 51.1 Å². The van der Waals surface area contributed by atoms with Gasteiger partial charge in [-0.15, -0.1) is 0 Å². The number of esters is 1. The second-order valence-electron chi connectivity index (χ2n) is 4.90. The Labute approximate surface area is 125 Å². The van der Waals surface area contributed by atoms with Gasteiger partial charge in [-0.25, -0.2) is 0 Å². The Morgan fingerprint density at radius 2 is 1.86 bits per heavy atom. The van der Waals surface area contributed by atoms with Crippen LogP contribution in [0.1, 0.15) is 6.92 Å². The summed E-state index contributed by atoms with van der Waals surface area (Å²) in [5.74, 6) is 0.0444. The molecule has 0 aliphatic rings. The molecular weight excluding hydrogens is 272 g/mol. The molecule has 6 heteroatoms. The number of methoxy groups -OCH3 is 2. The molecule has 21 heavy (non-hydrogen) atoms. The van der Waals surface area contributed by atoms with Gasteiger partial charge in [0.1, 0.15) is 5.75 Å². The van der Waals surface area contributed by atoms with E-state index in [1.807, 2.05) is 0 Å². The van der Waals surface area contributed by atoms with Crippen molar-refractivity contribution in [2.45, 2.75) is 6.92 Å². The van der Waals surface area contributed by atoms with Crippen LogP contribution in [0.15, 0.2) is 24.3 Å². The van der Waals surface area contributed by atoms with E-state index in [-0.39, 0.29) is 24.3 Å². The summed E-state index contributed by atoms with van der Waals surface area (Å²) in [6.07, 6.45) is 0. The summed E-state index contributed by atoms with van der Waals surface area (Å²) in [7, 11) is 4.73. The minimum Gasteiger partial charge on any atom is -0.497 e. The van der Waals surface area contributed by atoms with Crippen LogP contribution in [0.25, 0.3) is 0 Å². The predicted octanol–water partition coefficient (Wildman–Crippen LogP) is 1.37. The Morgan fingerprint density at radius 3 is 2.38 bits per heavy atom. The second kappa shape index (κ2) is 8.26. The molecule has 1 rings (SSSR count). The van der Waals surface area contributed by atoms with Crippen molar-refractivity contribution in [3.05, 3.63) is 24.3 Å². The Balaban J connectivity index is 2.43. The van der Waals surface area contributed by atoms with E-state index < -0.39 is 0 Å². The van der Waals surface area contributed by atoms with Crippen LogP contribution < -0.4 is 10.1 Å². The van der Waals surface area contributed by atoms with Gasteiger partial charge in [-0.3, -0.25) is 14.5 Å². The molecule has 0 saturated heterocycles. The standard InChI is InChI=1S/C15H22N2O4/c1-11(15(19)21-4)9-17(2)10-14(18)16-12-5-7-13(20-3)8-6-12/h5-8,11H,9-10H2,1-4H3,(H,16,18). The van der Waals surface area contributed by atoms with E-state index in [0.29, 0.717) is 12.2 Å². The Bertz CT molecular complexity index is 473. The third kappa shape index (κ3) is 5.83. The molecule has 1 aromatic carbocycles. The number of amides is 1. The first-order chi connectivity index (χ1) is 9.96. The number of hydrogen-bond donors (Lipinski definition) is 1. The topological polar surface area (TPSA) is 67.9 Å². The van der Waals surface area contributed by atoms with Gasteiger partial charge in [0, 0.05) is 12.2 Å². The third-order valence-electron chi connectivity index (χ3n) is 2.98. The minimum atomic E-state index is -0.280. The van der Waals surface area contributed by atoms with Gasteiger partial charge in [0.05, 0.1) is 26.7 Å². The second-order valence-corrected chi connectivity index (χ2v) is 4.90. The zero-order chi connectivity index (χ0) is 15.8. The molecule has 0 aliphatic heterocycles. The van der Waals surface area contributed by atoms with E-state index in [1.165, 1.54) is 7.11 Å². The van der Waals surface area contributed by atoms with E-state index in [2.05, 4.69) is 10.1 Å². The summed E-state index contributed by atoms with van der Waals surface area (Å²) in [6.45, 7) is 2.43. The summed E-state index contributed by atoms with van der Waals surface area (Å²) in [4.78, 5) is 25.0. The fraction of sp³-hybridized carbons (Fsp3) is 0.467. The molecule has 0 heterocycles. The van der Waals surface area contributed by atoms with Crippen molar-refractivity contribution in [1.82, 2.24) is 4.90 Å². The smallest absolute Gasteiger partial charge is 0.309 e. The molecule has 0 aliphatic carbocycles. The molecular formula is C15H22N2O4. The molecule has 0 aromatic heterocycles. The number of carbonyl (C=O) groups is 2. The highest BCUT2D eigenvalue weighted by molar-refractivity contribution is 5.92. The van der Waals surface area contributed by atoms with Crippen molar-refractivity contribution in [2.24, 2.45) is 5.92 Å². The fourth-order valence-electron chi connectivity index (χ4n) is 1.93. The van der Waals surface area contributed by atoms with Crippen molar-refractivity contribution < 1.29 is 19.1 Å². The highest BCUT2D eigenvalue weighted by Gasteiger charge is 2.17. The van der Waals surface area contributed by atoms with Gasteiger partial charge in [-0.1, -0.05) is 6.92 Å². The number of carbonyl (C=O) groups excluding carboxylic acids is 2. The van der Waals surface area contributed by atoms with E-state index in [1.54, 1.807) is 50.2 Å². The lowest BCUT2D eigenvalue weighted by molar-refractivity contribution is -0.145.